The third kappa shape index (κ3) is 22.1. The minimum Gasteiger partial charge on any atom is -0.481 e. The molecule has 0 aliphatic carbocycles. The fourth-order valence-corrected chi connectivity index (χ4v) is 5.66. The molecule has 0 radical (unpaired) electrons. The van der Waals surface area contributed by atoms with E-state index < -0.39 is 104 Å². The molecule has 0 amide bonds. The third-order valence-corrected chi connectivity index (χ3v) is 8.50. The maximum atomic E-state index is 13.0. The number of carbonyl (C=O) groups excluding carboxylic acids is 2. The monoisotopic (exact) mass is 705 g/mol. The molecule has 0 spiro atoms. The Bertz CT molecular complexity index is 1030. The first-order valence-corrected chi connectivity index (χ1v) is 17.3. The molecule has 284 valence electrons. The number of nitrogens with two attached hydrogens (primary N) is 1. The number of rotatable bonds is 29. The largest absolute Gasteiger partial charge is 0.481 e. The normalized spacial score (nSPS) is 17.0. The van der Waals surface area contributed by atoms with Gasteiger partial charge in [-0.1, -0.05) is 65.7 Å². The van der Waals surface area contributed by atoms with Crippen LogP contribution in [0.3, 0.4) is 0 Å². The molecule has 9 atom stereocenters. The highest BCUT2D eigenvalue weighted by atomic mass is 16.6. The summed E-state index contributed by atoms with van der Waals surface area (Å²) in [6.07, 6.45) is -0.0936. The molecule has 0 saturated carbocycles. The molecule has 49 heavy (non-hydrogen) atoms. The number of aliphatic hydroxyl groups excluding tert-OH is 2. The van der Waals surface area contributed by atoms with Gasteiger partial charge >= 0.3 is 35.8 Å². The van der Waals surface area contributed by atoms with Crippen molar-refractivity contribution in [2.45, 2.75) is 154 Å². The second kappa shape index (κ2) is 24.8. The van der Waals surface area contributed by atoms with Crippen LogP contribution in [0.1, 0.15) is 124 Å². The molecule has 0 aromatic heterocycles. The van der Waals surface area contributed by atoms with E-state index in [2.05, 4.69) is 0 Å². The number of carboxylic acid groups (broad SMARTS) is 4. The van der Waals surface area contributed by atoms with E-state index in [1.165, 1.54) is 0 Å². The van der Waals surface area contributed by atoms with Crippen molar-refractivity contribution in [3.63, 3.8) is 0 Å². The van der Waals surface area contributed by atoms with Gasteiger partial charge in [-0.15, -0.1) is 0 Å². The average Bonchev–Trinajstić information content (AvgIpc) is 2.96. The quantitative estimate of drug-likeness (QED) is 0.0433. The Kier molecular flexibility index (Phi) is 23.1. The van der Waals surface area contributed by atoms with E-state index in [9.17, 15) is 49.2 Å². The van der Waals surface area contributed by atoms with E-state index in [0.717, 1.165) is 38.5 Å². The van der Waals surface area contributed by atoms with Gasteiger partial charge in [0.2, 0.25) is 0 Å². The lowest BCUT2D eigenvalue weighted by atomic mass is 9.89. The fraction of sp³-hybridized carbons (Fsp3) is 0.824. The molecule has 0 aliphatic rings. The molecule has 0 aromatic rings. The van der Waals surface area contributed by atoms with Gasteiger partial charge in [0.05, 0.1) is 49.7 Å². The van der Waals surface area contributed by atoms with Crippen LogP contribution in [-0.2, 0) is 38.2 Å². The Balaban J connectivity index is 5.81. The predicted octanol–water partition coefficient (Wildman–Crippen LogP) is 3.59. The van der Waals surface area contributed by atoms with Gasteiger partial charge in [0, 0.05) is 12.5 Å². The summed E-state index contributed by atoms with van der Waals surface area (Å²) in [5, 5.41) is 57.0. The first-order chi connectivity index (χ1) is 22.9. The summed E-state index contributed by atoms with van der Waals surface area (Å²) in [5.41, 5.74) is 5.64. The number of aliphatic carboxylic acids is 4. The maximum Gasteiger partial charge on any atom is 0.307 e. The fourth-order valence-electron chi connectivity index (χ4n) is 5.66. The number of carbonyl (C=O) groups is 6. The van der Waals surface area contributed by atoms with Crippen molar-refractivity contribution in [1.82, 2.24) is 0 Å². The van der Waals surface area contributed by atoms with Crippen molar-refractivity contribution in [2.75, 3.05) is 0 Å². The Morgan fingerprint density at radius 3 is 1.37 bits per heavy atom. The summed E-state index contributed by atoms with van der Waals surface area (Å²) < 4.78 is 11.4. The highest BCUT2D eigenvalue weighted by Crippen LogP contribution is 2.27. The maximum absolute atomic E-state index is 13.0. The topological polar surface area (TPSA) is 268 Å². The molecule has 0 bridgehead atoms. The van der Waals surface area contributed by atoms with Gasteiger partial charge in [-0.05, 0) is 38.0 Å². The summed E-state index contributed by atoms with van der Waals surface area (Å²) in [4.78, 5) is 71.5. The molecule has 0 aliphatic heterocycles. The van der Waals surface area contributed by atoms with Crippen molar-refractivity contribution in [2.24, 2.45) is 29.4 Å². The van der Waals surface area contributed by atoms with Crippen LogP contribution >= 0.6 is 0 Å². The number of esters is 2. The van der Waals surface area contributed by atoms with E-state index in [-0.39, 0.29) is 31.1 Å². The molecule has 15 nitrogen and oxygen atoms in total. The lowest BCUT2D eigenvalue weighted by molar-refractivity contribution is -0.174. The van der Waals surface area contributed by atoms with E-state index in [4.69, 9.17) is 25.4 Å². The first-order valence-electron chi connectivity index (χ1n) is 17.3. The average molecular weight is 706 g/mol. The number of hydrogen-bond acceptors (Lipinski definition) is 11. The summed E-state index contributed by atoms with van der Waals surface area (Å²) in [6, 6.07) is -0.431. The molecule has 8 N–H and O–H groups in total. The van der Waals surface area contributed by atoms with Gasteiger partial charge in [-0.3, -0.25) is 28.8 Å². The standard InChI is InChI=1S/C34H59NO14/c1-5-10-20(2)13-27(48-31(42)17-23(33(44)45)15-29(38)39)28(49-32(43)18-24(34(46)47)16-30(40)41)14-21(3)11-8-6-7-9-12-25(36)19-26(37)22(4)35/h20-28,36-37H,5-19,35H2,1-4H3,(H,38,39)(H,40,41)(H,44,45)(H,46,47). The van der Waals surface area contributed by atoms with Gasteiger partial charge in [-0.2, -0.15) is 0 Å². The Morgan fingerprint density at radius 1 is 0.592 bits per heavy atom. The van der Waals surface area contributed by atoms with Crippen molar-refractivity contribution in [3.8, 4) is 0 Å². The highest BCUT2D eigenvalue weighted by Gasteiger charge is 2.35. The van der Waals surface area contributed by atoms with Crippen LogP contribution in [0.15, 0.2) is 0 Å². The predicted molar refractivity (Wildman–Crippen MR) is 176 cm³/mol. The van der Waals surface area contributed by atoms with Gasteiger partial charge in [0.15, 0.2) is 0 Å². The van der Waals surface area contributed by atoms with E-state index in [1.54, 1.807) is 6.92 Å². The van der Waals surface area contributed by atoms with E-state index >= 15 is 0 Å². The molecule has 0 fully saturated rings. The zero-order chi connectivity index (χ0) is 37.7. The van der Waals surface area contributed by atoms with Crippen LogP contribution in [0.25, 0.3) is 0 Å². The zero-order valence-electron chi connectivity index (χ0n) is 29.3. The van der Waals surface area contributed by atoms with Crippen LogP contribution < -0.4 is 5.73 Å². The molecular formula is C34H59NO14. The summed E-state index contributed by atoms with van der Waals surface area (Å²) >= 11 is 0. The lowest BCUT2D eigenvalue weighted by Crippen LogP contribution is -2.39. The lowest BCUT2D eigenvalue weighted by Gasteiger charge is -2.31. The number of hydrogen-bond donors (Lipinski definition) is 7. The Labute approximate surface area is 288 Å². The molecule has 0 heterocycles. The summed E-state index contributed by atoms with van der Waals surface area (Å²) in [6.45, 7) is 7.44. The van der Waals surface area contributed by atoms with Gasteiger partial charge in [0.1, 0.15) is 12.2 Å². The molecule has 15 heteroatoms. The molecule has 0 rings (SSSR count). The second-order valence-electron chi connectivity index (χ2n) is 13.5. The summed E-state index contributed by atoms with van der Waals surface area (Å²) in [7, 11) is 0. The van der Waals surface area contributed by atoms with Crippen LogP contribution in [0.5, 0.6) is 0 Å². The number of unbranched alkanes of at least 4 members (excludes halogenated alkanes) is 3. The smallest absolute Gasteiger partial charge is 0.307 e. The summed E-state index contributed by atoms with van der Waals surface area (Å²) in [5.74, 6) is -11.0. The number of aliphatic hydroxyl groups is 2. The van der Waals surface area contributed by atoms with Crippen molar-refractivity contribution in [3.05, 3.63) is 0 Å². The SMILES string of the molecule is CCCC(C)CC(OC(=O)CC(CC(=O)O)C(=O)O)C(CC(C)CCCCCCC(O)CC(O)C(C)N)OC(=O)CC(CC(=O)O)C(=O)O. The molecule has 0 aromatic carbocycles. The van der Waals surface area contributed by atoms with E-state index in [1.807, 2.05) is 20.8 Å². The zero-order valence-corrected chi connectivity index (χ0v) is 29.3. The minimum atomic E-state index is -1.55. The molecule has 9 unspecified atom stereocenters. The van der Waals surface area contributed by atoms with Crippen molar-refractivity contribution in [1.29, 1.82) is 0 Å². The Hall–Kier alpha value is -3.30. The van der Waals surface area contributed by atoms with Crippen molar-refractivity contribution >= 4 is 35.8 Å². The van der Waals surface area contributed by atoms with Crippen molar-refractivity contribution < 1.29 is 68.9 Å². The van der Waals surface area contributed by atoms with Crippen LogP contribution in [0.2, 0.25) is 0 Å². The molecule has 0 saturated heterocycles. The molecular weight excluding hydrogens is 646 g/mol. The van der Waals surface area contributed by atoms with Crippen LogP contribution in [0, 0.1) is 23.7 Å². The van der Waals surface area contributed by atoms with Crippen LogP contribution in [0.4, 0.5) is 0 Å². The second-order valence-corrected chi connectivity index (χ2v) is 13.5. The third-order valence-electron chi connectivity index (χ3n) is 8.50. The number of ether oxygens (including phenoxy) is 2. The highest BCUT2D eigenvalue weighted by molar-refractivity contribution is 5.83. The van der Waals surface area contributed by atoms with Crippen LogP contribution in [-0.4, -0.2) is 96.9 Å². The Morgan fingerprint density at radius 2 is 1.00 bits per heavy atom. The first kappa shape index (κ1) is 45.7. The number of carboxylic acids is 4. The van der Waals surface area contributed by atoms with Gasteiger partial charge in [-0.25, -0.2) is 0 Å². The van der Waals surface area contributed by atoms with Gasteiger partial charge < -0.3 is 45.8 Å². The van der Waals surface area contributed by atoms with Gasteiger partial charge in [0.25, 0.3) is 0 Å². The van der Waals surface area contributed by atoms with E-state index in [0.29, 0.717) is 12.8 Å². The minimum absolute atomic E-state index is 0.0306.